The van der Waals surface area contributed by atoms with Crippen LogP contribution < -0.4 is 20.1 Å². The van der Waals surface area contributed by atoms with E-state index in [4.69, 9.17) is 9.47 Å². The number of nitrogens with one attached hydrogen (secondary N) is 2. The summed E-state index contributed by atoms with van der Waals surface area (Å²) in [4.78, 5) is 36.1. The number of methoxy groups -OCH3 is 1. The molecule has 2 aromatic rings. The minimum atomic E-state index is -9.99. The van der Waals surface area contributed by atoms with Crippen molar-refractivity contribution in [1.82, 2.24) is 5.32 Å². The fourth-order valence-corrected chi connectivity index (χ4v) is 6.78. The lowest BCUT2D eigenvalue weighted by Gasteiger charge is -2.41. The first-order valence-electron chi connectivity index (χ1n) is 14.5. The number of benzene rings is 2. The Kier molecular flexibility index (Phi) is 9.10. The van der Waals surface area contributed by atoms with Crippen LogP contribution in [0, 0.1) is 29.5 Å². The van der Waals surface area contributed by atoms with Gasteiger partial charge in [-0.2, -0.15) is 0 Å². The van der Waals surface area contributed by atoms with Crippen LogP contribution in [0.2, 0.25) is 0 Å². The van der Waals surface area contributed by atoms with E-state index >= 15 is 0 Å². The van der Waals surface area contributed by atoms with E-state index in [0.717, 1.165) is 18.2 Å². The van der Waals surface area contributed by atoms with Crippen molar-refractivity contribution in [3.63, 3.8) is 0 Å². The average Bonchev–Trinajstić information content (AvgIpc) is 2.95. The SMILES string of the molecule is COc1cc(F)c(O[C@H]2CC[C@@H](C(=O)O)CC2)cc1C(=O)N[C@H]1[C@@H](C(=O)Nc2cccc(S(F)(F)(F)(F)F)c2)[C@H](C)CC[C@@H]1C. The second kappa shape index (κ2) is 12.0. The van der Waals surface area contributed by atoms with E-state index in [0.29, 0.717) is 38.5 Å². The summed E-state index contributed by atoms with van der Waals surface area (Å²) in [6.45, 7) is 3.53. The Morgan fingerprint density at radius 2 is 1.53 bits per heavy atom. The maximum atomic E-state index is 14.9. The molecule has 0 bridgehead atoms. The zero-order valence-corrected chi connectivity index (χ0v) is 25.7. The molecule has 0 spiro atoms. The maximum Gasteiger partial charge on any atom is 0.310 e. The second-order valence-corrected chi connectivity index (χ2v) is 14.4. The highest BCUT2D eigenvalue weighted by Crippen LogP contribution is 3.02. The fraction of sp³-hybridized carbons (Fsp3) is 0.500. The summed E-state index contributed by atoms with van der Waals surface area (Å²) >= 11 is 0. The number of aliphatic carboxylic acids is 1. The van der Waals surface area contributed by atoms with Crippen molar-refractivity contribution in [3.8, 4) is 11.5 Å². The molecule has 0 unspecified atom stereocenters. The molecule has 2 fully saturated rings. The molecule has 4 atom stereocenters. The molecule has 250 valence electrons. The van der Waals surface area contributed by atoms with Crippen molar-refractivity contribution >= 4 is 33.7 Å². The van der Waals surface area contributed by atoms with Crippen molar-refractivity contribution in [1.29, 1.82) is 0 Å². The molecule has 45 heavy (non-hydrogen) atoms. The highest BCUT2D eigenvalue weighted by molar-refractivity contribution is 8.45. The first-order chi connectivity index (χ1) is 20.8. The second-order valence-electron chi connectivity index (χ2n) is 12.0. The van der Waals surface area contributed by atoms with Gasteiger partial charge in [-0.1, -0.05) is 39.3 Å². The van der Waals surface area contributed by atoms with Gasteiger partial charge in [0.25, 0.3) is 5.91 Å². The minimum Gasteiger partial charge on any atom is -0.496 e. The van der Waals surface area contributed by atoms with Gasteiger partial charge in [-0.3, -0.25) is 14.4 Å². The molecule has 3 N–H and O–H groups in total. The number of ether oxygens (including phenoxy) is 2. The predicted octanol–water partition coefficient (Wildman–Crippen LogP) is 7.93. The summed E-state index contributed by atoms with van der Waals surface area (Å²) in [5.74, 6) is -5.61. The summed E-state index contributed by atoms with van der Waals surface area (Å²) in [7, 11) is -8.76. The number of carboxylic acids is 1. The molecule has 0 heterocycles. The highest BCUT2D eigenvalue weighted by atomic mass is 32.5. The van der Waals surface area contributed by atoms with Gasteiger partial charge < -0.3 is 25.2 Å². The molecular formula is C30H36F6N2O6S. The molecule has 2 aliphatic rings. The third-order valence-corrected chi connectivity index (χ3v) is 9.80. The molecular weight excluding hydrogens is 630 g/mol. The molecule has 0 radical (unpaired) electrons. The molecule has 2 aromatic carbocycles. The summed E-state index contributed by atoms with van der Waals surface area (Å²) in [6.07, 6.45) is 2.16. The Morgan fingerprint density at radius 1 is 0.889 bits per heavy atom. The number of anilines is 1. The fourth-order valence-electron chi connectivity index (χ4n) is 6.09. The lowest BCUT2D eigenvalue weighted by Crippen LogP contribution is -2.53. The van der Waals surface area contributed by atoms with Gasteiger partial charge in [0, 0.05) is 17.8 Å². The van der Waals surface area contributed by atoms with E-state index in [9.17, 15) is 43.3 Å². The van der Waals surface area contributed by atoms with Gasteiger partial charge in [-0.25, -0.2) is 4.39 Å². The first kappa shape index (κ1) is 34.3. The number of carbonyl (C=O) groups excluding carboxylic acids is 2. The van der Waals surface area contributed by atoms with E-state index in [1.54, 1.807) is 13.8 Å². The number of halogens is 6. The van der Waals surface area contributed by atoms with E-state index in [1.807, 2.05) is 0 Å². The first-order valence-corrected chi connectivity index (χ1v) is 16.5. The lowest BCUT2D eigenvalue weighted by molar-refractivity contribution is -0.143. The lowest BCUT2D eigenvalue weighted by atomic mass is 9.71. The summed E-state index contributed by atoms with van der Waals surface area (Å²) < 4.78 is 92.8. The Hall–Kier alpha value is -3.62. The molecule has 2 saturated carbocycles. The number of amides is 2. The molecule has 0 aromatic heterocycles. The van der Waals surface area contributed by atoms with Crippen LogP contribution in [-0.4, -0.2) is 42.1 Å². The van der Waals surface area contributed by atoms with Crippen molar-refractivity contribution < 1.29 is 52.8 Å². The largest absolute Gasteiger partial charge is 0.496 e. The van der Waals surface area contributed by atoms with Crippen LogP contribution in [0.3, 0.4) is 0 Å². The van der Waals surface area contributed by atoms with Crippen molar-refractivity contribution in [2.75, 3.05) is 12.4 Å². The quantitative estimate of drug-likeness (QED) is 0.234. The molecule has 2 aliphatic carbocycles. The molecule has 2 amide bonds. The minimum absolute atomic E-state index is 0.0960. The topological polar surface area (TPSA) is 114 Å². The highest BCUT2D eigenvalue weighted by Gasteiger charge is 2.65. The Labute approximate surface area is 256 Å². The normalized spacial score (nSPS) is 27.0. The van der Waals surface area contributed by atoms with Gasteiger partial charge in [0.1, 0.15) is 10.6 Å². The Morgan fingerprint density at radius 3 is 2.13 bits per heavy atom. The third-order valence-electron chi connectivity index (χ3n) is 8.65. The Balaban J connectivity index is 1.55. The van der Waals surface area contributed by atoms with E-state index in [1.165, 1.54) is 13.2 Å². The van der Waals surface area contributed by atoms with Crippen LogP contribution in [-0.2, 0) is 9.59 Å². The predicted molar refractivity (Wildman–Crippen MR) is 156 cm³/mol. The van der Waals surface area contributed by atoms with Crippen LogP contribution in [0.25, 0.3) is 0 Å². The van der Waals surface area contributed by atoms with Crippen LogP contribution in [0.4, 0.5) is 29.5 Å². The molecule has 0 aliphatic heterocycles. The maximum absolute atomic E-state index is 14.9. The summed E-state index contributed by atoms with van der Waals surface area (Å²) in [6, 6.07) is 3.58. The van der Waals surface area contributed by atoms with Crippen LogP contribution in [0.15, 0.2) is 41.3 Å². The zero-order chi connectivity index (χ0) is 33.4. The van der Waals surface area contributed by atoms with E-state index in [-0.39, 0.29) is 41.0 Å². The van der Waals surface area contributed by atoms with Gasteiger partial charge in [-0.05, 0) is 74.6 Å². The van der Waals surface area contributed by atoms with E-state index in [2.05, 4.69) is 10.6 Å². The van der Waals surface area contributed by atoms with Gasteiger partial charge in [0.2, 0.25) is 5.91 Å². The van der Waals surface area contributed by atoms with Gasteiger partial charge in [0.15, 0.2) is 11.6 Å². The van der Waals surface area contributed by atoms with Crippen LogP contribution >= 0.6 is 10.2 Å². The number of rotatable bonds is 9. The molecule has 0 saturated heterocycles. The smallest absolute Gasteiger partial charge is 0.310 e. The van der Waals surface area contributed by atoms with Gasteiger partial charge in [0.05, 0.1) is 30.6 Å². The molecule has 4 rings (SSSR count). The van der Waals surface area contributed by atoms with Crippen LogP contribution in [0.5, 0.6) is 11.5 Å². The molecule has 8 nitrogen and oxygen atoms in total. The number of carbonyl (C=O) groups is 3. The average molecular weight is 667 g/mol. The van der Waals surface area contributed by atoms with Crippen LogP contribution in [0.1, 0.15) is 62.7 Å². The monoisotopic (exact) mass is 666 g/mol. The summed E-state index contributed by atoms with van der Waals surface area (Å²) in [5, 5.41) is 14.3. The standard InChI is InChI=1S/C30H36F6N2O6S/c1-16-7-8-17(2)27(26(16)29(40)37-19-5-4-6-21(13-19)45(32,33,34,35)36)38-28(39)22-14-25(23(31)15-24(22)43-3)44-20-11-9-18(10-12-20)30(41)42/h4-6,13-18,20,26-27H,7-12H2,1-3H3,(H,37,40)(H,38,39)(H,41,42)/t16-,17+,18-,20+,26+,27-/m1/s1. The van der Waals surface area contributed by atoms with Gasteiger partial charge in [-0.15, -0.1) is 0 Å². The number of hydrogen-bond donors (Lipinski definition) is 3. The third kappa shape index (κ3) is 8.16. The van der Waals surface area contributed by atoms with Gasteiger partial charge >= 0.3 is 16.2 Å². The zero-order valence-electron chi connectivity index (χ0n) is 24.8. The Bertz CT molecular complexity index is 1470. The van der Waals surface area contributed by atoms with Crippen molar-refractivity contribution in [2.24, 2.45) is 23.7 Å². The number of hydrogen-bond acceptors (Lipinski definition) is 5. The van der Waals surface area contributed by atoms with Crippen molar-refractivity contribution in [2.45, 2.75) is 69.4 Å². The number of carboxylic acid groups (broad SMARTS) is 1. The van der Waals surface area contributed by atoms with E-state index < -0.39 is 68.4 Å². The van der Waals surface area contributed by atoms with Crippen molar-refractivity contribution in [3.05, 3.63) is 47.8 Å². The summed E-state index contributed by atoms with van der Waals surface area (Å²) in [5.41, 5.74) is -0.568. The molecule has 15 heteroatoms.